The standard InChI is InChI=1S/C23H11N/c1-2-4-12(5-3-1)16-10-13-6-8-15(16)17-9-7-14(11-24-17)19-20-18(13)21(19)22(18,20)23(19,20)21/h1-11H. The third-order valence-electron chi connectivity index (χ3n) is 9.82. The van der Waals surface area contributed by atoms with E-state index in [4.69, 9.17) is 4.98 Å². The molecule has 10 aliphatic rings. The molecule has 2 unspecified atom stereocenters. The highest BCUT2D eigenvalue weighted by Gasteiger charge is 3.80. The first kappa shape index (κ1) is 9.78. The second kappa shape index (κ2) is 1.95. The van der Waals surface area contributed by atoms with Gasteiger partial charge in [-0.15, -0.1) is 0 Å². The van der Waals surface area contributed by atoms with Crippen molar-refractivity contribution in [3.63, 3.8) is 0 Å². The molecule has 1 aromatic heterocycles. The molecule has 2 aliphatic heterocycles. The number of benzene rings is 2. The maximum atomic E-state index is 4.90. The predicted octanol–water partition coefficient (Wildman–Crippen LogP) is 3.93. The van der Waals surface area contributed by atoms with E-state index in [1.54, 1.807) is 11.1 Å². The topological polar surface area (TPSA) is 12.9 Å². The minimum absolute atomic E-state index is 0.618. The van der Waals surface area contributed by atoms with Crippen LogP contribution in [-0.2, 0) is 10.8 Å². The molecule has 108 valence electrons. The Morgan fingerprint density at radius 2 is 1.38 bits per heavy atom. The van der Waals surface area contributed by atoms with Gasteiger partial charge in [0, 0.05) is 44.3 Å². The van der Waals surface area contributed by atoms with Crippen LogP contribution in [0.2, 0.25) is 0 Å². The minimum atomic E-state index is 0.618. The van der Waals surface area contributed by atoms with Gasteiger partial charge >= 0.3 is 0 Å². The average molecular weight is 301 g/mol. The number of hydrogen-bond acceptors (Lipinski definition) is 1. The lowest BCUT2D eigenvalue weighted by molar-refractivity contribution is 0.138. The van der Waals surface area contributed by atoms with Crippen molar-refractivity contribution in [2.75, 3.05) is 0 Å². The van der Waals surface area contributed by atoms with Crippen LogP contribution in [0, 0.1) is 21.7 Å². The molecule has 4 bridgehead atoms. The van der Waals surface area contributed by atoms with Gasteiger partial charge in [-0.05, 0) is 34.4 Å². The average Bonchev–Trinajstić information content (AvgIpc) is 3.53. The van der Waals surface area contributed by atoms with Crippen molar-refractivity contribution >= 4 is 0 Å². The zero-order valence-corrected chi connectivity index (χ0v) is 12.8. The van der Waals surface area contributed by atoms with E-state index in [1.165, 1.54) is 16.7 Å². The number of rotatable bonds is 1. The molecule has 0 saturated heterocycles. The van der Waals surface area contributed by atoms with Crippen LogP contribution in [0.1, 0.15) is 11.1 Å². The number of pyridine rings is 1. The van der Waals surface area contributed by atoms with E-state index >= 15 is 0 Å². The van der Waals surface area contributed by atoms with Crippen LogP contribution in [-0.4, -0.2) is 4.98 Å². The van der Waals surface area contributed by atoms with Gasteiger partial charge in [-0.1, -0.05) is 48.5 Å². The van der Waals surface area contributed by atoms with Gasteiger partial charge in [-0.3, -0.25) is 4.98 Å². The number of aromatic nitrogens is 1. The van der Waals surface area contributed by atoms with Crippen LogP contribution < -0.4 is 0 Å². The van der Waals surface area contributed by atoms with E-state index in [9.17, 15) is 0 Å². The summed E-state index contributed by atoms with van der Waals surface area (Å²) in [7, 11) is 0. The largest absolute Gasteiger partial charge is 0.256 e. The Morgan fingerprint density at radius 3 is 2.12 bits per heavy atom. The van der Waals surface area contributed by atoms with Crippen LogP contribution >= 0.6 is 0 Å². The van der Waals surface area contributed by atoms with Crippen molar-refractivity contribution in [1.29, 1.82) is 0 Å². The summed E-state index contributed by atoms with van der Waals surface area (Å²) in [6, 6.07) is 22.8. The van der Waals surface area contributed by atoms with Crippen molar-refractivity contribution < 1.29 is 0 Å². The molecule has 1 heteroatoms. The van der Waals surface area contributed by atoms with E-state index < -0.39 is 0 Å². The Labute approximate surface area is 138 Å². The van der Waals surface area contributed by atoms with E-state index in [-0.39, 0.29) is 0 Å². The second-order valence-electron chi connectivity index (χ2n) is 9.06. The quantitative estimate of drug-likeness (QED) is 0.663. The van der Waals surface area contributed by atoms with Crippen molar-refractivity contribution in [3.8, 4) is 22.4 Å². The molecule has 0 radical (unpaired) electrons. The van der Waals surface area contributed by atoms with Gasteiger partial charge in [0.25, 0.3) is 0 Å². The Kier molecular flexibility index (Phi) is 0.796. The summed E-state index contributed by atoms with van der Waals surface area (Å²) < 4.78 is 0. The first-order valence-corrected chi connectivity index (χ1v) is 9.08. The van der Waals surface area contributed by atoms with Crippen molar-refractivity contribution in [2.24, 2.45) is 21.7 Å². The molecule has 13 rings (SSSR count). The van der Waals surface area contributed by atoms with E-state index in [0.717, 1.165) is 27.4 Å². The lowest BCUT2D eigenvalue weighted by Gasteiger charge is -2.43. The van der Waals surface area contributed by atoms with Crippen molar-refractivity contribution in [2.45, 2.75) is 10.8 Å². The molecule has 2 aromatic carbocycles. The molecule has 8 aliphatic carbocycles. The third kappa shape index (κ3) is 0.368. The summed E-state index contributed by atoms with van der Waals surface area (Å²) in [5.41, 5.74) is 12.6. The zero-order chi connectivity index (χ0) is 14.9. The highest BCUT2D eigenvalue weighted by Crippen LogP contribution is 3.77. The first-order valence-electron chi connectivity index (χ1n) is 9.08. The Morgan fingerprint density at radius 1 is 0.625 bits per heavy atom. The fourth-order valence-electron chi connectivity index (χ4n) is 10.1. The molecule has 6 spiro atoms. The molecule has 3 heterocycles. The summed E-state index contributed by atoms with van der Waals surface area (Å²) in [5.74, 6) is 0. The molecular weight excluding hydrogens is 290 g/mol. The van der Waals surface area contributed by atoms with Gasteiger partial charge in [0.1, 0.15) is 0 Å². The Bertz CT molecular complexity index is 1250. The van der Waals surface area contributed by atoms with E-state index in [0.29, 0.717) is 10.8 Å². The van der Waals surface area contributed by atoms with E-state index in [1.807, 2.05) is 0 Å². The monoisotopic (exact) mass is 301 g/mol. The lowest BCUT2D eigenvalue weighted by Crippen LogP contribution is -2.45. The highest BCUT2D eigenvalue weighted by atomic mass is 15.8. The molecule has 0 amide bonds. The van der Waals surface area contributed by atoms with Gasteiger partial charge in [-0.25, -0.2) is 0 Å². The number of hydrogen-bond donors (Lipinski definition) is 0. The number of nitrogens with zero attached hydrogens (tertiary/aromatic N) is 1. The van der Waals surface area contributed by atoms with Gasteiger partial charge in [-0.2, -0.15) is 0 Å². The molecular formula is C23H11N. The minimum Gasteiger partial charge on any atom is -0.256 e. The van der Waals surface area contributed by atoms with Crippen molar-refractivity contribution in [3.05, 3.63) is 78.0 Å². The Balaban J connectivity index is 1.38. The summed E-state index contributed by atoms with van der Waals surface area (Å²) in [6.07, 6.45) is 2.21. The zero-order valence-electron chi connectivity index (χ0n) is 12.8. The Hall–Kier alpha value is -2.41. The maximum Gasteiger partial charge on any atom is 0.0708 e. The van der Waals surface area contributed by atoms with Crippen LogP contribution in [0.5, 0.6) is 0 Å². The summed E-state index contributed by atoms with van der Waals surface area (Å²) >= 11 is 0. The maximum absolute atomic E-state index is 4.90. The van der Waals surface area contributed by atoms with E-state index in [2.05, 4.69) is 66.9 Å². The SMILES string of the molecule is c1ccc(-c2cc3ccc2-c2ccc(cn2)C24C56C37C23C45C763)cc1. The van der Waals surface area contributed by atoms with Gasteiger partial charge in [0.15, 0.2) is 0 Å². The third-order valence-corrected chi connectivity index (χ3v) is 9.82. The molecule has 1 nitrogen and oxygen atoms in total. The summed E-state index contributed by atoms with van der Waals surface area (Å²) in [4.78, 5) is 4.90. The normalized spacial score (nSPS) is 56.5. The van der Waals surface area contributed by atoms with Crippen LogP contribution in [0.4, 0.5) is 0 Å². The van der Waals surface area contributed by atoms with Crippen LogP contribution in [0.25, 0.3) is 22.4 Å². The molecule has 2 atom stereocenters. The highest BCUT2D eigenvalue weighted by molar-refractivity contribution is 6.31. The van der Waals surface area contributed by atoms with Crippen molar-refractivity contribution in [1.82, 2.24) is 4.98 Å². The molecule has 24 heavy (non-hydrogen) atoms. The summed E-state index contributed by atoms with van der Waals surface area (Å²) in [6.45, 7) is 0. The smallest absolute Gasteiger partial charge is 0.0708 e. The van der Waals surface area contributed by atoms with Gasteiger partial charge in [0.2, 0.25) is 0 Å². The van der Waals surface area contributed by atoms with Crippen LogP contribution in [0.3, 0.4) is 0 Å². The molecule has 3 aromatic rings. The fraction of sp³-hybridized carbons (Fsp3) is 0.261. The molecule has 6 saturated carbocycles. The van der Waals surface area contributed by atoms with Gasteiger partial charge in [0.05, 0.1) is 5.69 Å². The summed E-state index contributed by atoms with van der Waals surface area (Å²) in [5, 5.41) is 0. The first-order chi connectivity index (χ1) is 11.9. The predicted molar refractivity (Wildman–Crippen MR) is 88.2 cm³/mol. The molecule has 0 N–H and O–H groups in total. The van der Waals surface area contributed by atoms with Gasteiger partial charge < -0.3 is 0 Å². The lowest BCUT2D eigenvalue weighted by atomic mass is 9.58. The second-order valence-corrected chi connectivity index (χ2v) is 9.06. The fourth-order valence-corrected chi connectivity index (χ4v) is 10.1. The molecule has 6 fully saturated rings. The van der Waals surface area contributed by atoms with Crippen LogP contribution in [0.15, 0.2) is 66.9 Å².